The lowest BCUT2D eigenvalue weighted by Crippen LogP contribution is -2.11. The molecule has 0 aromatic heterocycles. The molecule has 4 heteroatoms. The normalized spacial score (nSPS) is 12.6. The van der Waals surface area contributed by atoms with E-state index in [0.717, 1.165) is 0 Å². The van der Waals surface area contributed by atoms with Gasteiger partial charge in [0, 0.05) is 6.42 Å². The molecule has 0 rings (SSSR count). The molecule has 0 saturated heterocycles. The predicted octanol–water partition coefficient (Wildman–Crippen LogP) is -0.317. The molecule has 0 amide bonds. The first-order valence-corrected chi connectivity index (χ1v) is 3.61. The molecule has 0 aromatic carbocycles. The van der Waals surface area contributed by atoms with Crippen LogP contribution in [-0.2, 0) is 9.53 Å². The van der Waals surface area contributed by atoms with Crippen LogP contribution in [0.1, 0.15) is 19.8 Å². The maximum atomic E-state index is 10.7. The van der Waals surface area contributed by atoms with Gasteiger partial charge in [-0.1, -0.05) is 0 Å². The Morgan fingerprint density at radius 2 is 2.27 bits per heavy atom. The van der Waals surface area contributed by atoms with Crippen LogP contribution in [0.4, 0.5) is 0 Å². The molecule has 0 spiro atoms. The van der Waals surface area contributed by atoms with Gasteiger partial charge in [-0.15, -0.1) is 0 Å². The molecular weight excluding hydrogens is 148 g/mol. The molecule has 0 saturated carbocycles. The van der Waals surface area contributed by atoms with E-state index < -0.39 is 6.10 Å². The van der Waals surface area contributed by atoms with Gasteiger partial charge in [-0.2, -0.15) is 0 Å². The maximum Gasteiger partial charge on any atom is 0.305 e. The molecule has 0 heterocycles. The molecule has 0 aliphatic carbocycles. The smallest absolute Gasteiger partial charge is 0.305 e. The number of hydrogen-bond acceptors (Lipinski definition) is 4. The van der Waals surface area contributed by atoms with Crippen LogP contribution >= 0.6 is 0 Å². The first-order valence-electron chi connectivity index (χ1n) is 3.61. The summed E-state index contributed by atoms with van der Waals surface area (Å²) in [5.41, 5.74) is 0. The first-order chi connectivity index (χ1) is 5.16. The van der Waals surface area contributed by atoms with E-state index in [2.05, 4.69) is 4.74 Å². The van der Waals surface area contributed by atoms with Crippen molar-refractivity contribution in [3.63, 3.8) is 0 Å². The number of carbonyl (C=O) groups excluding carboxylic acids is 1. The lowest BCUT2D eigenvalue weighted by atomic mass is 10.2. The second-order valence-electron chi connectivity index (χ2n) is 2.33. The highest BCUT2D eigenvalue weighted by molar-refractivity contribution is 5.69. The molecule has 4 nitrogen and oxygen atoms in total. The summed E-state index contributed by atoms with van der Waals surface area (Å²) in [5, 5.41) is 17.0. The molecule has 0 aromatic rings. The number of carbonyl (C=O) groups is 1. The van der Waals surface area contributed by atoms with Gasteiger partial charge in [0.2, 0.25) is 0 Å². The van der Waals surface area contributed by atoms with Crippen molar-refractivity contribution in [1.82, 2.24) is 0 Å². The zero-order valence-corrected chi connectivity index (χ0v) is 6.62. The van der Waals surface area contributed by atoms with Gasteiger partial charge >= 0.3 is 5.97 Å². The van der Waals surface area contributed by atoms with E-state index in [0.29, 0.717) is 6.42 Å². The van der Waals surface area contributed by atoms with Gasteiger partial charge < -0.3 is 14.9 Å². The number of ether oxygens (including phenoxy) is 1. The molecule has 2 N–H and O–H groups in total. The summed E-state index contributed by atoms with van der Waals surface area (Å²) < 4.78 is 4.54. The van der Waals surface area contributed by atoms with Crippen LogP contribution in [0.15, 0.2) is 0 Å². The van der Waals surface area contributed by atoms with Gasteiger partial charge in [0.25, 0.3) is 0 Å². The summed E-state index contributed by atoms with van der Waals surface area (Å²) in [6, 6.07) is 0. The van der Waals surface area contributed by atoms with Crippen LogP contribution in [0.3, 0.4) is 0 Å². The van der Waals surface area contributed by atoms with Gasteiger partial charge in [0.05, 0.1) is 12.7 Å². The van der Waals surface area contributed by atoms with Crippen molar-refractivity contribution in [3.8, 4) is 0 Å². The molecule has 1 atom stereocenters. The molecular formula is C7H14O4. The van der Waals surface area contributed by atoms with E-state index in [9.17, 15) is 4.79 Å². The molecule has 11 heavy (non-hydrogen) atoms. The van der Waals surface area contributed by atoms with Crippen LogP contribution in [-0.4, -0.2) is 35.5 Å². The number of hydrogen-bond donors (Lipinski definition) is 2. The largest absolute Gasteiger partial charge is 0.463 e. The summed E-state index contributed by atoms with van der Waals surface area (Å²) in [7, 11) is 0. The van der Waals surface area contributed by atoms with E-state index in [4.69, 9.17) is 10.2 Å². The average Bonchev–Trinajstić information content (AvgIpc) is 1.97. The Labute approximate surface area is 65.8 Å². The maximum absolute atomic E-state index is 10.7. The minimum atomic E-state index is -0.475. The highest BCUT2D eigenvalue weighted by Crippen LogP contribution is 1.97. The highest BCUT2D eigenvalue weighted by Gasteiger charge is 2.04. The molecule has 0 fully saturated rings. The average molecular weight is 162 g/mol. The van der Waals surface area contributed by atoms with Crippen molar-refractivity contribution in [1.29, 1.82) is 0 Å². The zero-order valence-electron chi connectivity index (χ0n) is 6.62. The zero-order chi connectivity index (χ0) is 8.69. The van der Waals surface area contributed by atoms with E-state index in [1.807, 2.05) is 0 Å². The predicted molar refractivity (Wildman–Crippen MR) is 39.0 cm³/mol. The Morgan fingerprint density at radius 1 is 1.64 bits per heavy atom. The quantitative estimate of drug-likeness (QED) is 0.544. The summed E-state index contributed by atoms with van der Waals surface area (Å²) in [6.07, 6.45) is 0.138. The first kappa shape index (κ1) is 10.4. The topological polar surface area (TPSA) is 66.8 Å². The third-order valence-corrected chi connectivity index (χ3v) is 1.12. The Morgan fingerprint density at radius 3 is 2.73 bits per heavy atom. The second kappa shape index (κ2) is 6.12. The minimum absolute atomic E-state index is 0.0403. The van der Waals surface area contributed by atoms with E-state index in [1.54, 1.807) is 6.92 Å². The number of aliphatic hydroxyl groups excluding tert-OH is 2. The van der Waals surface area contributed by atoms with Crippen molar-refractivity contribution >= 4 is 5.97 Å². The van der Waals surface area contributed by atoms with Gasteiger partial charge in [-0.25, -0.2) is 0 Å². The van der Waals surface area contributed by atoms with Crippen LogP contribution < -0.4 is 0 Å². The fourth-order valence-electron chi connectivity index (χ4n) is 0.558. The number of aliphatic hydroxyl groups is 2. The fraction of sp³-hybridized carbons (Fsp3) is 0.857. The van der Waals surface area contributed by atoms with E-state index in [-0.39, 0.29) is 25.6 Å². The third kappa shape index (κ3) is 7.29. The Hall–Kier alpha value is -0.610. The second-order valence-corrected chi connectivity index (χ2v) is 2.33. The molecule has 0 aliphatic heterocycles. The Kier molecular flexibility index (Phi) is 5.78. The number of rotatable bonds is 5. The summed E-state index contributed by atoms with van der Waals surface area (Å²) in [4.78, 5) is 10.7. The fourth-order valence-corrected chi connectivity index (χ4v) is 0.558. The van der Waals surface area contributed by atoms with Crippen molar-refractivity contribution < 1.29 is 19.7 Å². The van der Waals surface area contributed by atoms with Crippen LogP contribution in [0.25, 0.3) is 0 Å². The summed E-state index contributed by atoms with van der Waals surface area (Å²) >= 11 is 0. The molecule has 0 bridgehead atoms. The van der Waals surface area contributed by atoms with Crippen LogP contribution in [0.5, 0.6) is 0 Å². The van der Waals surface area contributed by atoms with E-state index >= 15 is 0 Å². The third-order valence-electron chi connectivity index (χ3n) is 1.12. The SMILES string of the molecule is CC(O)CCC(=O)OCCO. The number of esters is 1. The lowest BCUT2D eigenvalue weighted by molar-refractivity contribution is -0.145. The standard InChI is InChI=1S/C7H14O4/c1-6(9)2-3-7(10)11-5-4-8/h6,8-9H,2-5H2,1H3. The van der Waals surface area contributed by atoms with Gasteiger partial charge in [0.1, 0.15) is 6.61 Å². The summed E-state index contributed by atoms with van der Waals surface area (Å²) in [6.45, 7) is 1.50. The minimum Gasteiger partial charge on any atom is -0.463 e. The summed E-state index contributed by atoms with van der Waals surface area (Å²) in [5.74, 6) is -0.375. The van der Waals surface area contributed by atoms with E-state index in [1.165, 1.54) is 0 Å². The molecule has 0 radical (unpaired) electrons. The molecule has 0 aliphatic rings. The van der Waals surface area contributed by atoms with Crippen molar-refractivity contribution in [2.45, 2.75) is 25.9 Å². The van der Waals surface area contributed by atoms with Gasteiger partial charge in [-0.05, 0) is 13.3 Å². The Bertz CT molecular complexity index is 111. The highest BCUT2D eigenvalue weighted by atomic mass is 16.5. The lowest BCUT2D eigenvalue weighted by Gasteiger charge is -2.03. The van der Waals surface area contributed by atoms with Gasteiger partial charge in [-0.3, -0.25) is 4.79 Å². The van der Waals surface area contributed by atoms with Crippen LogP contribution in [0, 0.1) is 0 Å². The Balaban J connectivity index is 3.23. The molecule has 1 unspecified atom stereocenters. The van der Waals surface area contributed by atoms with Gasteiger partial charge in [0.15, 0.2) is 0 Å². The van der Waals surface area contributed by atoms with Crippen molar-refractivity contribution in [2.24, 2.45) is 0 Å². The van der Waals surface area contributed by atoms with Crippen molar-refractivity contribution in [3.05, 3.63) is 0 Å². The van der Waals surface area contributed by atoms with Crippen LogP contribution in [0.2, 0.25) is 0 Å². The van der Waals surface area contributed by atoms with Crippen molar-refractivity contribution in [2.75, 3.05) is 13.2 Å². The monoisotopic (exact) mass is 162 g/mol. The molecule has 66 valence electrons.